The molecule has 4 atom stereocenters. The summed E-state index contributed by atoms with van der Waals surface area (Å²) in [7, 11) is 0. The number of alkyl halides is 2. The van der Waals surface area contributed by atoms with E-state index in [2.05, 4.69) is 44.7 Å². The number of amides is 7. The van der Waals surface area contributed by atoms with Crippen LogP contribution in [-0.4, -0.2) is 294 Å². The molecule has 0 bridgehead atoms. The molecule has 2 aromatic rings. The first-order valence-corrected chi connectivity index (χ1v) is 33.8. The molecule has 2 aromatic carbocycles. The number of carboxylic acids is 3. The van der Waals surface area contributed by atoms with Crippen molar-refractivity contribution in [2.24, 2.45) is 10.9 Å². The summed E-state index contributed by atoms with van der Waals surface area (Å²) in [5.74, 6) is -9.41. The number of hydrogen-bond acceptors (Lipinski definition) is 19. The Morgan fingerprint density at radius 3 is 1.96 bits per heavy atom. The van der Waals surface area contributed by atoms with Gasteiger partial charge in [0, 0.05) is 140 Å². The highest BCUT2D eigenvalue weighted by atomic mass is 32.2. The number of allylic oxidation sites excluding steroid dienone is 1. The molecule has 0 spiro atoms. The summed E-state index contributed by atoms with van der Waals surface area (Å²) in [6.45, 7) is 11.3. The summed E-state index contributed by atoms with van der Waals surface area (Å²) < 4.78 is 34.0. The van der Waals surface area contributed by atoms with Crippen molar-refractivity contribution in [1.82, 2.24) is 55.1 Å². The number of aliphatic imine (C=N–C) groups is 1. The summed E-state index contributed by atoms with van der Waals surface area (Å²) in [5, 5.41) is 46.1. The number of nitrogens with one attached hydrogen (secondary N) is 3. The minimum atomic E-state index is -3.20. The van der Waals surface area contributed by atoms with E-state index in [9.17, 15) is 77.3 Å². The number of nitrogens with zero attached hydrogens (tertiary/aromatic N) is 10. The number of piperazine rings is 1. The third-order valence-corrected chi connectivity index (χ3v) is 18.6. The van der Waals surface area contributed by atoms with E-state index in [1.165, 1.54) is 17.8 Å². The maximum Gasteiger partial charge on any atom is 0.317 e. The van der Waals surface area contributed by atoms with Gasteiger partial charge < -0.3 is 45.8 Å². The fourth-order valence-electron chi connectivity index (χ4n) is 12.0. The number of unbranched alkanes of at least 4 members (excludes halogenated alkanes) is 1. The van der Waals surface area contributed by atoms with Crippen LogP contribution in [-0.2, 0) is 54.4 Å². The van der Waals surface area contributed by atoms with Crippen LogP contribution in [0.4, 0.5) is 14.5 Å². The van der Waals surface area contributed by atoms with Gasteiger partial charge in [0.15, 0.2) is 0 Å². The van der Waals surface area contributed by atoms with Crippen molar-refractivity contribution < 1.29 is 76.8 Å². The predicted octanol–water partition coefficient (Wildman–Crippen LogP) is 2.29. The fraction of sp³-hybridized carbons (Fsp3) is 0.606. The molecular formula is C66H93F2N13O14S. The van der Waals surface area contributed by atoms with Gasteiger partial charge in [-0.1, -0.05) is 42.8 Å². The SMILES string of the molecule is C=Nc1ccc(OCCCN2CCN(C(=O)[C@H](C)CN3C(=O)CC(SC[C@H](CCCCNC(=O)CCCc4ccc(C)cc4)NC(=O)CN4CCN(CC(=O)O)CCN(CC(=O)O)CCN(CC(=O)O)CC4)C3=O)CC2)cc1/C(=C\C)C(=O)NCC(=O)N1CC(F)(F)C[C@@H]1C#N. The molecule has 4 saturated heterocycles. The minimum absolute atomic E-state index is 0.0672. The lowest BCUT2D eigenvalue weighted by Crippen LogP contribution is -2.51. The molecule has 0 radical (unpaired) electrons. The van der Waals surface area contributed by atoms with Gasteiger partial charge in [0.2, 0.25) is 35.4 Å². The van der Waals surface area contributed by atoms with Gasteiger partial charge in [-0.25, -0.2) is 8.78 Å². The number of carbonyl (C=O) groups excluding carboxylic acids is 7. The van der Waals surface area contributed by atoms with E-state index in [0.717, 1.165) is 27.3 Å². The number of aryl methyl sites for hydroxylation is 2. The number of thioether (sulfide) groups is 1. The zero-order valence-corrected chi connectivity index (χ0v) is 56.0. The van der Waals surface area contributed by atoms with Crippen LogP contribution in [0.25, 0.3) is 5.57 Å². The second-order valence-electron chi connectivity index (χ2n) is 24.8. The third kappa shape index (κ3) is 25.6. The van der Waals surface area contributed by atoms with Crippen molar-refractivity contribution in [3.63, 3.8) is 0 Å². The Kier molecular flexibility index (Phi) is 31.1. The topological polar surface area (TPSA) is 339 Å². The van der Waals surface area contributed by atoms with Crippen LogP contribution in [0, 0.1) is 24.2 Å². The van der Waals surface area contributed by atoms with Crippen molar-refractivity contribution in [3.05, 3.63) is 65.2 Å². The number of nitriles is 1. The van der Waals surface area contributed by atoms with Crippen molar-refractivity contribution in [3.8, 4) is 11.8 Å². The smallest absolute Gasteiger partial charge is 0.317 e. The first-order valence-electron chi connectivity index (χ1n) is 32.7. The van der Waals surface area contributed by atoms with Crippen molar-refractivity contribution in [2.75, 3.05) is 150 Å². The number of aliphatic carboxylic acids is 3. The molecule has 6 rings (SSSR count). The number of carboxylic acid groups (broad SMARTS) is 3. The van der Waals surface area contributed by atoms with E-state index in [-0.39, 0.29) is 121 Å². The van der Waals surface area contributed by atoms with Gasteiger partial charge in [-0.3, -0.25) is 82.3 Å². The van der Waals surface area contributed by atoms with Gasteiger partial charge in [-0.2, -0.15) is 5.26 Å². The van der Waals surface area contributed by atoms with Gasteiger partial charge in [0.05, 0.1) is 68.8 Å². The highest BCUT2D eigenvalue weighted by molar-refractivity contribution is 8.00. The summed E-state index contributed by atoms with van der Waals surface area (Å²) >= 11 is 1.24. The molecule has 1 unspecified atom stereocenters. The second-order valence-corrected chi connectivity index (χ2v) is 26.1. The Morgan fingerprint density at radius 2 is 1.39 bits per heavy atom. The highest BCUT2D eigenvalue weighted by Crippen LogP contribution is 2.33. The molecule has 6 N–H and O–H groups in total. The average Bonchev–Trinajstić information content (AvgIpc) is 1.42. The number of halogens is 2. The molecule has 0 saturated carbocycles. The molecule has 0 aliphatic carbocycles. The number of hydrogen-bond donors (Lipinski definition) is 6. The standard InChI is InChI=1S/C66H93F2N13O14S/c1-5-52(63(92)72-38-59(85)81-45-66(67,68)36-50(81)37-69)53-34-51(17-18-54(53)70-4)95-33-9-20-74-29-31-79(32-30-74)64(93)47(3)39-80-58(84)35-55(65(80)94)96-44-49(11-6-7-19-71-56(82)12-8-10-48-15-13-46(2)14-16-48)73-57(83)40-75-21-23-76(41-60(86)87)25-27-78(43-62(90)91)28-26-77(24-22-75)42-61(88)89/h5,13-18,34,47,49-50,55H,4,6-12,19-33,35-36,38-45H2,1-3H3,(H,71,82)(H,72,92)(H,73,83)(H,86,87)(H,88,89)(H,90,91)/b52-5+/t47-,49+,50-,55?/m1/s1. The maximum atomic E-state index is 14.1. The van der Waals surface area contributed by atoms with E-state index in [0.29, 0.717) is 101 Å². The van der Waals surface area contributed by atoms with Gasteiger partial charge in [0.25, 0.3) is 11.8 Å². The molecular weight excluding hydrogens is 1270 g/mol. The monoisotopic (exact) mass is 1360 g/mol. The third-order valence-electron chi connectivity index (χ3n) is 17.3. The zero-order chi connectivity index (χ0) is 69.9. The second kappa shape index (κ2) is 38.7. The molecule has 0 aromatic heterocycles. The van der Waals surface area contributed by atoms with Gasteiger partial charge >= 0.3 is 17.9 Å². The van der Waals surface area contributed by atoms with E-state index in [1.54, 1.807) is 57.7 Å². The number of rotatable bonds is 34. The zero-order valence-electron chi connectivity index (χ0n) is 55.2. The summed E-state index contributed by atoms with van der Waals surface area (Å²) in [6, 6.07) is 13.0. The van der Waals surface area contributed by atoms with E-state index in [4.69, 9.17) is 4.74 Å². The van der Waals surface area contributed by atoms with E-state index < -0.39 is 90.2 Å². The van der Waals surface area contributed by atoms with E-state index >= 15 is 0 Å². The van der Waals surface area contributed by atoms with Crippen molar-refractivity contribution in [2.45, 2.75) is 102 Å². The van der Waals surface area contributed by atoms with Crippen LogP contribution in [0.1, 0.15) is 81.9 Å². The maximum absolute atomic E-state index is 14.1. The van der Waals surface area contributed by atoms with Crippen LogP contribution in [0.5, 0.6) is 5.75 Å². The lowest BCUT2D eigenvalue weighted by Gasteiger charge is -2.36. The van der Waals surface area contributed by atoms with Gasteiger partial charge in [-0.05, 0) is 82.9 Å². The van der Waals surface area contributed by atoms with Crippen molar-refractivity contribution >= 4 is 89.0 Å². The number of ether oxygens (including phenoxy) is 1. The average molecular weight is 1360 g/mol. The summed E-state index contributed by atoms with van der Waals surface area (Å²) in [6.07, 6.45) is 4.71. The molecule has 7 amide bonds. The molecule has 4 aliphatic rings. The number of imide groups is 1. The Bertz CT molecular complexity index is 3080. The number of carbonyl (C=O) groups is 10. The molecule has 27 nitrogen and oxygen atoms in total. The lowest BCUT2D eigenvalue weighted by atomic mass is 10.0. The Morgan fingerprint density at radius 1 is 0.792 bits per heavy atom. The molecule has 4 fully saturated rings. The Labute approximate surface area is 563 Å². The van der Waals surface area contributed by atoms with Gasteiger partial charge in [-0.15, -0.1) is 11.8 Å². The molecule has 4 aliphatic heterocycles. The van der Waals surface area contributed by atoms with Crippen molar-refractivity contribution in [1.29, 1.82) is 5.26 Å². The van der Waals surface area contributed by atoms with Gasteiger partial charge in [0.1, 0.15) is 11.8 Å². The minimum Gasteiger partial charge on any atom is -0.494 e. The Balaban J connectivity index is 0.983. The van der Waals surface area contributed by atoms with Crippen LogP contribution < -0.4 is 20.7 Å². The number of likely N-dealkylation sites (tertiary alicyclic amines) is 2. The van der Waals surface area contributed by atoms with Crippen LogP contribution in [0.2, 0.25) is 0 Å². The molecule has 96 heavy (non-hydrogen) atoms. The molecule has 30 heteroatoms. The first-order chi connectivity index (χ1) is 45.8. The fourth-order valence-corrected chi connectivity index (χ4v) is 13.2. The quantitative estimate of drug-likeness (QED) is 0.0253. The molecule has 526 valence electrons. The normalized spacial score (nSPS) is 19.5. The largest absolute Gasteiger partial charge is 0.494 e. The van der Waals surface area contributed by atoms with E-state index in [1.807, 2.05) is 24.0 Å². The predicted molar refractivity (Wildman–Crippen MR) is 354 cm³/mol. The lowest BCUT2D eigenvalue weighted by molar-refractivity contribution is -0.143. The van der Waals surface area contributed by atoms with Crippen LogP contribution >= 0.6 is 11.8 Å². The molecule has 4 heterocycles. The highest BCUT2D eigenvalue weighted by Gasteiger charge is 2.47. The van der Waals surface area contributed by atoms with Crippen LogP contribution in [0.15, 0.2) is 53.5 Å². The number of benzene rings is 2. The summed E-state index contributed by atoms with van der Waals surface area (Å²) in [5.41, 5.74) is 3.17. The Hall–Kier alpha value is -7.95. The van der Waals surface area contributed by atoms with Crippen LogP contribution in [0.3, 0.4) is 0 Å². The summed E-state index contributed by atoms with van der Waals surface area (Å²) in [4.78, 5) is 146. The first kappa shape index (κ1) is 77.1.